The van der Waals surface area contributed by atoms with Gasteiger partial charge in [-0.05, 0) is 37.2 Å². The number of fused-ring (bicyclic) bond motifs is 2. The molecule has 1 aliphatic carbocycles. The second kappa shape index (κ2) is 6.07. The molecule has 1 amide bonds. The number of thiophene rings is 1. The van der Waals surface area contributed by atoms with E-state index in [1.165, 1.54) is 16.9 Å². The summed E-state index contributed by atoms with van der Waals surface area (Å²) in [5, 5.41) is 13.5. The number of nitrogens with zero attached hydrogens (tertiary/aromatic N) is 3. The van der Waals surface area contributed by atoms with E-state index in [4.69, 9.17) is 0 Å². The average Bonchev–Trinajstić information content (AvgIpc) is 3.22. The van der Waals surface area contributed by atoms with Gasteiger partial charge < -0.3 is 9.88 Å². The quantitative estimate of drug-likeness (QED) is 0.936. The Morgan fingerprint density at radius 3 is 3.26 bits per heavy atom. The maximum absolute atomic E-state index is 12.5. The zero-order chi connectivity index (χ0) is 15.8. The Morgan fingerprint density at radius 1 is 1.43 bits per heavy atom. The summed E-state index contributed by atoms with van der Waals surface area (Å²) < 4.78 is 2.19. The third-order valence-electron chi connectivity index (χ3n) is 4.97. The Bertz CT molecular complexity index is 733. The Kier molecular flexibility index (Phi) is 3.93. The molecule has 0 bridgehead atoms. The van der Waals surface area contributed by atoms with Gasteiger partial charge in [-0.15, -0.1) is 21.5 Å². The van der Waals surface area contributed by atoms with E-state index in [2.05, 4.69) is 27.0 Å². The summed E-state index contributed by atoms with van der Waals surface area (Å²) >= 11 is 1.74. The van der Waals surface area contributed by atoms with Gasteiger partial charge in [0.1, 0.15) is 11.6 Å². The highest BCUT2D eigenvalue weighted by atomic mass is 32.1. The van der Waals surface area contributed by atoms with Crippen molar-refractivity contribution in [2.75, 3.05) is 6.54 Å². The van der Waals surface area contributed by atoms with E-state index in [1.807, 2.05) is 5.38 Å². The zero-order valence-electron chi connectivity index (χ0n) is 13.5. The monoisotopic (exact) mass is 330 g/mol. The molecule has 1 N–H and O–H groups in total. The molecule has 5 nitrogen and oxygen atoms in total. The second-order valence-electron chi connectivity index (χ2n) is 6.69. The van der Waals surface area contributed by atoms with Gasteiger partial charge in [0.2, 0.25) is 0 Å². The van der Waals surface area contributed by atoms with Gasteiger partial charge in [-0.25, -0.2) is 0 Å². The van der Waals surface area contributed by atoms with Crippen molar-refractivity contribution < 1.29 is 4.79 Å². The number of aryl methyl sites for hydroxylation is 1. The molecule has 2 aliphatic rings. The SMILES string of the molecule is CC1CCc2c(C(=O)NCCc3nnc4n3CCC4)csc2C1. The lowest BCUT2D eigenvalue weighted by atomic mass is 9.88. The number of hydrogen-bond donors (Lipinski definition) is 1. The minimum atomic E-state index is 0.0678. The van der Waals surface area contributed by atoms with E-state index in [-0.39, 0.29) is 5.91 Å². The number of amides is 1. The molecule has 0 aromatic carbocycles. The van der Waals surface area contributed by atoms with Gasteiger partial charge in [-0.3, -0.25) is 4.79 Å². The smallest absolute Gasteiger partial charge is 0.252 e. The first kappa shape index (κ1) is 14.9. The average molecular weight is 330 g/mol. The van der Waals surface area contributed by atoms with Crippen molar-refractivity contribution in [1.29, 1.82) is 0 Å². The van der Waals surface area contributed by atoms with E-state index < -0.39 is 0 Å². The van der Waals surface area contributed by atoms with E-state index in [0.29, 0.717) is 6.54 Å². The third-order valence-corrected chi connectivity index (χ3v) is 6.02. The van der Waals surface area contributed by atoms with Gasteiger partial charge in [0.25, 0.3) is 5.91 Å². The van der Waals surface area contributed by atoms with Gasteiger partial charge in [0, 0.05) is 36.2 Å². The fraction of sp³-hybridized carbons (Fsp3) is 0.588. The summed E-state index contributed by atoms with van der Waals surface area (Å²) in [6.07, 6.45) is 6.29. The topological polar surface area (TPSA) is 59.8 Å². The van der Waals surface area contributed by atoms with Crippen LogP contribution in [0, 0.1) is 5.92 Å². The van der Waals surface area contributed by atoms with Crippen molar-refractivity contribution in [2.24, 2.45) is 5.92 Å². The number of aromatic nitrogens is 3. The van der Waals surface area contributed by atoms with Crippen LogP contribution in [0.15, 0.2) is 5.38 Å². The highest BCUT2D eigenvalue weighted by Crippen LogP contribution is 2.32. The summed E-state index contributed by atoms with van der Waals surface area (Å²) in [5.41, 5.74) is 2.18. The number of rotatable bonds is 4. The van der Waals surface area contributed by atoms with E-state index in [9.17, 15) is 4.79 Å². The van der Waals surface area contributed by atoms with Crippen molar-refractivity contribution in [3.63, 3.8) is 0 Å². The van der Waals surface area contributed by atoms with Gasteiger partial charge >= 0.3 is 0 Å². The summed E-state index contributed by atoms with van der Waals surface area (Å²) in [6.45, 7) is 3.93. The molecule has 2 aromatic heterocycles. The minimum absolute atomic E-state index is 0.0678. The predicted octanol–water partition coefficient (Wildman–Crippen LogP) is 2.38. The van der Waals surface area contributed by atoms with E-state index in [1.54, 1.807) is 11.3 Å². The lowest BCUT2D eigenvalue weighted by Crippen LogP contribution is -2.27. The second-order valence-corrected chi connectivity index (χ2v) is 7.66. The molecule has 0 spiro atoms. The molecule has 2 aromatic rings. The summed E-state index contributed by atoms with van der Waals surface area (Å²) in [7, 11) is 0. The fourth-order valence-corrected chi connectivity index (χ4v) is 4.89. The Morgan fingerprint density at radius 2 is 2.35 bits per heavy atom. The van der Waals surface area contributed by atoms with Crippen LogP contribution in [0.25, 0.3) is 0 Å². The fourth-order valence-electron chi connectivity index (χ4n) is 3.65. The number of hydrogen-bond acceptors (Lipinski definition) is 4. The van der Waals surface area contributed by atoms with Crippen LogP contribution >= 0.6 is 11.3 Å². The lowest BCUT2D eigenvalue weighted by Gasteiger charge is -2.18. The van der Waals surface area contributed by atoms with Crippen molar-refractivity contribution in [3.05, 3.63) is 33.0 Å². The van der Waals surface area contributed by atoms with Crippen molar-refractivity contribution in [1.82, 2.24) is 20.1 Å². The van der Waals surface area contributed by atoms with Crippen molar-refractivity contribution in [3.8, 4) is 0 Å². The molecule has 0 saturated heterocycles. The largest absolute Gasteiger partial charge is 0.352 e. The molecule has 3 heterocycles. The lowest BCUT2D eigenvalue weighted by molar-refractivity contribution is 0.0953. The Hall–Kier alpha value is -1.69. The summed E-state index contributed by atoms with van der Waals surface area (Å²) in [5.74, 6) is 2.90. The van der Waals surface area contributed by atoms with Gasteiger partial charge in [-0.1, -0.05) is 6.92 Å². The van der Waals surface area contributed by atoms with Crippen LogP contribution in [-0.2, 0) is 32.2 Å². The highest BCUT2D eigenvalue weighted by molar-refractivity contribution is 7.10. The van der Waals surface area contributed by atoms with Gasteiger partial charge in [0.05, 0.1) is 5.56 Å². The van der Waals surface area contributed by atoms with Crippen LogP contribution in [0.4, 0.5) is 0 Å². The van der Waals surface area contributed by atoms with Crippen molar-refractivity contribution >= 4 is 17.2 Å². The molecular formula is C17H22N4OS. The molecule has 4 rings (SSSR count). The maximum atomic E-state index is 12.5. The van der Waals surface area contributed by atoms with Gasteiger partial charge in [0.15, 0.2) is 0 Å². The first-order valence-corrected chi connectivity index (χ1v) is 9.38. The number of carbonyl (C=O) groups excluding carboxylic acids is 1. The summed E-state index contributed by atoms with van der Waals surface area (Å²) in [4.78, 5) is 13.9. The molecule has 23 heavy (non-hydrogen) atoms. The number of carbonyl (C=O) groups is 1. The van der Waals surface area contributed by atoms with E-state index in [0.717, 1.165) is 61.8 Å². The van der Waals surface area contributed by atoms with Crippen LogP contribution in [0.3, 0.4) is 0 Å². The zero-order valence-corrected chi connectivity index (χ0v) is 14.3. The highest BCUT2D eigenvalue weighted by Gasteiger charge is 2.23. The summed E-state index contributed by atoms with van der Waals surface area (Å²) in [6, 6.07) is 0. The van der Waals surface area contributed by atoms with Crippen LogP contribution in [-0.4, -0.2) is 27.2 Å². The minimum Gasteiger partial charge on any atom is -0.352 e. The molecule has 0 fully saturated rings. The van der Waals surface area contributed by atoms with E-state index >= 15 is 0 Å². The van der Waals surface area contributed by atoms with Gasteiger partial charge in [-0.2, -0.15) is 0 Å². The maximum Gasteiger partial charge on any atom is 0.252 e. The number of nitrogens with one attached hydrogen (secondary N) is 1. The van der Waals surface area contributed by atoms with Crippen LogP contribution in [0.1, 0.15) is 52.2 Å². The molecule has 0 saturated carbocycles. The molecular weight excluding hydrogens is 308 g/mol. The molecule has 6 heteroatoms. The van der Waals surface area contributed by atoms with Crippen LogP contribution < -0.4 is 5.32 Å². The molecule has 122 valence electrons. The van der Waals surface area contributed by atoms with Crippen LogP contribution in [0.5, 0.6) is 0 Å². The van der Waals surface area contributed by atoms with Crippen molar-refractivity contribution in [2.45, 2.75) is 52.0 Å². The first-order chi connectivity index (χ1) is 11.2. The molecule has 1 aliphatic heterocycles. The predicted molar refractivity (Wildman–Crippen MR) is 89.9 cm³/mol. The van der Waals surface area contributed by atoms with Crippen LogP contribution in [0.2, 0.25) is 0 Å². The Labute approximate surface area is 140 Å². The normalized spacial score (nSPS) is 19.4. The first-order valence-electron chi connectivity index (χ1n) is 8.50. The Balaban J connectivity index is 1.37. The standard InChI is InChI=1S/C17H22N4OS/c1-11-4-5-12-13(10-23-14(12)9-11)17(22)18-7-6-16-20-19-15-3-2-8-21(15)16/h10-11H,2-9H2,1H3,(H,18,22). The molecule has 1 atom stereocenters. The molecule has 1 unspecified atom stereocenters. The molecule has 0 radical (unpaired) electrons. The third kappa shape index (κ3) is 2.80.